The Morgan fingerprint density at radius 2 is 2.39 bits per heavy atom. The quantitative estimate of drug-likeness (QED) is 0.835. The van der Waals surface area contributed by atoms with Gasteiger partial charge >= 0.3 is 0 Å². The van der Waals surface area contributed by atoms with Gasteiger partial charge < -0.3 is 10.1 Å². The Labute approximate surface area is 109 Å². The number of aromatic nitrogens is 3. The van der Waals surface area contributed by atoms with Gasteiger partial charge in [0, 0.05) is 19.7 Å². The minimum atomic E-state index is 0.00288. The summed E-state index contributed by atoms with van der Waals surface area (Å²) in [5.74, 6) is 1.59. The molecule has 1 aromatic rings. The van der Waals surface area contributed by atoms with E-state index in [0.717, 1.165) is 38.5 Å². The van der Waals surface area contributed by atoms with Crippen LogP contribution in [0, 0.1) is 5.92 Å². The molecule has 0 amide bonds. The van der Waals surface area contributed by atoms with E-state index in [4.69, 9.17) is 4.74 Å². The molecule has 0 aromatic carbocycles. The maximum atomic E-state index is 5.75. The van der Waals surface area contributed by atoms with Gasteiger partial charge in [-0.25, -0.2) is 9.67 Å². The summed E-state index contributed by atoms with van der Waals surface area (Å²) >= 11 is 0. The molecule has 0 saturated carbocycles. The zero-order valence-electron chi connectivity index (χ0n) is 11.6. The van der Waals surface area contributed by atoms with Gasteiger partial charge in [0.05, 0.1) is 12.1 Å². The van der Waals surface area contributed by atoms with Crippen LogP contribution in [-0.2, 0) is 17.8 Å². The van der Waals surface area contributed by atoms with Crippen molar-refractivity contribution in [2.45, 2.75) is 52.3 Å². The summed E-state index contributed by atoms with van der Waals surface area (Å²) in [5, 5.41) is 7.69. The fourth-order valence-corrected chi connectivity index (χ4v) is 2.34. The number of hydrogen-bond acceptors (Lipinski definition) is 4. The number of rotatable bonds is 6. The van der Waals surface area contributed by atoms with E-state index in [-0.39, 0.29) is 5.60 Å². The van der Waals surface area contributed by atoms with Crippen molar-refractivity contribution in [2.24, 2.45) is 5.92 Å². The van der Waals surface area contributed by atoms with Gasteiger partial charge in [0.2, 0.25) is 0 Å². The molecule has 1 atom stereocenters. The zero-order valence-corrected chi connectivity index (χ0v) is 11.6. The average molecular weight is 252 g/mol. The predicted molar refractivity (Wildman–Crippen MR) is 70.2 cm³/mol. The highest BCUT2D eigenvalue weighted by Gasteiger charge is 2.29. The molecule has 102 valence electrons. The van der Waals surface area contributed by atoms with Gasteiger partial charge in [0.1, 0.15) is 12.2 Å². The summed E-state index contributed by atoms with van der Waals surface area (Å²) in [6.45, 7) is 9.99. The van der Waals surface area contributed by atoms with Crippen LogP contribution in [0.15, 0.2) is 6.33 Å². The third-order valence-corrected chi connectivity index (χ3v) is 3.32. The van der Waals surface area contributed by atoms with E-state index in [1.54, 1.807) is 6.33 Å². The second-order valence-electron chi connectivity index (χ2n) is 5.76. The molecule has 0 radical (unpaired) electrons. The predicted octanol–water partition coefficient (Wildman–Crippen LogP) is 1.59. The van der Waals surface area contributed by atoms with Crippen molar-refractivity contribution in [3.8, 4) is 0 Å². The van der Waals surface area contributed by atoms with Crippen molar-refractivity contribution < 1.29 is 4.74 Å². The van der Waals surface area contributed by atoms with E-state index >= 15 is 0 Å². The van der Waals surface area contributed by atoms with E-state index < -0.39 is 0 Å². The Bertz CT molecular complexity index is 369. The highest BCUT2D eigenvalue weighted by atomic mass is 16.5. The Morgan fingerprint density at radius 1 is 1.56 bits per heavy atom. The fraction of sp³-hybridized carbons (Fsp3) is 0.846. The molecule has 0 bridgehead atoms. The summed E-state index contributed by atoms with van der Waals surface area (Å²) < 4.78 is 7.73. The molecule has 1 unspecified atom stereocenters. The van der Waals surface area contributed by atoms with E-state index in [9.17, 15) is 0 Å². The summed E-state index contributed by atoms with van der Waals surface area (Å²) in [4.78, 5) is 4.30. The molecule has 1 saturated heterocycles. The van der Waals surface area contributed by atoms with Crippen LogP contribution in [0.4, 0.5) is 0 Å². The Hall–Kier alpha value is -0.940. The van der Waals surface area contributed by atoms with Crippen molar-refractivity contribution in [3.05, 3.63) is 12.2 Å². The molecule has 1 N–H and O–H groups in total. The van der Waals surface area contributed by atoms with Crippen LogP contribution in [0.25, 0.3) is 0 Å². The minimum absolute atomic E-state index is 0.00288. The van der Waals surface area contributed by atoms with Crippen LogP contribution in [0.2, 0.25) is 0 Å². The monoisotopic (exact) mass is 252 g/mol. The Kier molecular flexibility index (Phi) is 4.35. The lowest BCUT2D eigenvalue weighted by atomic mass is 10.0. The molecule has 1 aliphatic rings. The number of nitrogens with zero attached hydrogens (tertiary/aromatic N) is 3. The maximum Gasteiger partial charge on any atom is 0.140 e. The molecule has 2 rings (SSSR count). The van der Waals surface area contributed by atoms with Crippen LogP contribution in [0.5, 0.6) is 0 Å². The molecule has 1 fully saturated rings. The van der Waals surface area contributed by atoms with Crippen LogP contribution in [0.3, 0.4) is 0 Å². The SMILES string of the molecule is CC(C)Cn1ncnc1CNCC1(C)CCCO1. The van der Waals surface area contributed by atoms with E-state index in [2.05, 4.69) is 36.2 Å². The van der Waals surface area contributed by atoms with Crippen LogP contribution in [0.1, 0.15) is 39.4 Å². The lowest BCUT2D eigenvalue weighted by Crippen LogP contribution is -2.37. The van der Waals surface area contributed by atoms with Crippen molar-refractivity contribution in [1.29, 1.82) is 0 Å². The largest absolute Gasteiger partial charge is 0.374 e. The first-order chi connectivity index (χ1) is 8.59. The van der Waals surface area contributed by atoms with Gasteiger partial charge in [-0.3, -0.25) is 0 Å². The lowest BCUT2D eigenvalue weighted by molar-refractivity contribution is 0.0205. The molecule has 1 aromatic heterocycles. The molecule has 0 spiro atoms. The van der Waals surface area contributed by atoms with Gasteiger partial charge in [0.15, 0.2) is 0 Å². The maximum absolute atomic E-state index is 5.75. The first kappa shape index (κ1) is 13.5. The molecule has 2 heterocycles. The fourth-order valence-electron chi connectivity index (χ4n) is 2.34. The van der Waals surface area contributed by atoms with Crippen molar-refractivity contribution >= 4 is 0 Å². The highest BCUT2D eigenvalue weighted by molar-refractivity contribution is 4.87. The smallest absolute Gasteiger partial charge is 0.140 e. The minimum Gasteiger partial charge on any atom is -0.374 e. The third kappa shape index (κ3) is 3.53. The topological polar surface area (TPSA) is 52.0 Å². The highest BCUT2D eigenvalue weighted by Crippen LogP contribution is 2.23. The number of hydrogen-bond donors (Lipinski definition) is 1. The molecule has 5 nitrogen and oxygen atoms in total. The number of ether oxygens (including phenoxy) is 1. The average Bonchev–Trinajstić information content (AvgIpc) is 2.89. The van der Waals surface area contributed by atoms with Crippen LogP contribution in [-0.4, -0.2) is 33.5 Å². The van der Waals surface area contributed by atoms with Crippen LogP contribution >= 0.6 is 0 Å². The molecule has 1 aliphatic heterocycles. The third-order valence-electron chi connectivity index (χ3n) is 3.32. The summed E-state index contributed by atoms with van der Waals surface area (Å²) in [6, 6.07) is 0. The second-order valence-corrected chi connectivity index (χ2v) is 5.76. The molecule has 5 heteroatoms. The van der Waals surface area contributed by atoms with Crippen molar-refractivity contribution in [3.63, 3.8) is 0 Å². The molecule has 0 aliphatic carbocycles. The summed E-state index contributed by atoms with van der Waals surface area (Å²) in [5.41, 5.74) is 0.00288. The Balaban J connectivity index is 1.81. The van der Waals surface area contributed by atoms with Gasteiger partial charge in [-0.2, -0.15) is 5.10 Å². The Morgan fingerprint density at radius 3 is 3.06 bits per heavy atom. The van der Waals surface area contributed by atoms with Crippen LogP contribution < -0.4 is 5.32 Å². The molecular weight excluding hydrogens is 228 g/mol. The first-order valence-corrected chi connectivity index (χ1v) is 6.80. The normalized spacial score (nSPS) is 24.0. The zero-order chi connectivity index (χ0) is 13.0. The van der Waals surface area contributed by atoms with E-state index in [1.807, 2.05) is 4.68 Å². The van der Waals surface area contributed by atoms with Gasteiger partial charge in [-0.1, -0.05) is 13.8 Å². The molecule has 18 heavy (non-hydrogen) atoms. The van der Waals surface area contributed by atoms with E-state index in [0.29, 0.717) is 5.92 Å². The first-order valence-electron chi connectivity index (χ1n) is 6.80. The summed E-state index contributed by atoms with van der Waals surface area (Å²) in [7, 11) is 0. The van der Waals surface area contributed by atoms with Gasteiger partial charge in [-0.05, 0) is 25.7 Å². The van der Waals surface area contributed by atoms with Gasteiger partial charge in [0.25, 0.3) is 0 Å². The van der Waals surface area contributed by atoms with Crippen molar-refractivity contribution in [1.82, 2.24) is 20.1 Å². The standard InChI is InChI=1S/C13H24N4O/c1-11(2)8-17-12(15-10-16-17)7-14-9-13(3)5-4-6-18-13/h10-11,14H,4-9H2,1-3H3. The molecular formula is C13H24N4O. The van der Waals surface area contributed by atoms with Gasteiger partial charge in [-0.15, -0.1) is 0 Å². The lowest BCUT2D eigenvalue weighted by Gasteiger charge is -2.23. The second kappa shape index (κ2) is 5.80. The van der Waals surface area contributed by atoms with E-state index in [1.165, 1.54) is 6.42 Å². The van der Waals surface area contributed by atoms with Crippen molar-refractivity contribution in [2.75, 3.05) is 13.2 Å². The summed E-state index contributed by atoms with van der Waals surface area (Å²) in [6.07, 6.45) is 3.94. The number of nitrogens with one attached hydrogen (secondary N) is 1.